The summed E-state index contributed by atoms with van der Waals surface area (Å²) in [6.45, 7) is 2.61. The molecular weight excluding hydrogens is 394 g/mol. The minimum absolute atomic E-state index is 0.0521. The van der Waals surface area contributed by atoms with Crippen molar-refractivity contribution in [3.8, 4) is 0 Å². The number of urea groups is 1. The Morgan fingerprint density at radius 1 is 1.32 bits per heavy atom. The van der Waals surface area contributed by atoms with Gasteiger partial charge in [0.15, 0.2) is 12.4 Å². The summed E-state index contributed by atoms with van der Waals surface area (Å²) in [5, 5.41) is 35.7. The van der Waals surface area contributed by atoms with E-state index in [2.05, 4.69) is 5.29 Å². The second-order valence-corrected chi connectivity index (χ2v) is 7.86. The standard InChI is InChI=1S/C17H30ClN3O7/c1-11(2)21(16(24)20(19-26)9-8-18)17(25)13(22)10-27-15(14(17)23)28-12-6-4-3-5-7-12/h11-15,22-23,25H,3-10H2,1-2H3/t13-,14+,15-,17-/m1/s1. The lowest BCUT2D eigenvalue weighted by molar-refractivity contribution is -0.346. The van der Waals surface area contributed by atoms with Crippen LogP contribution in [0.25, 0.3) is 0 Å². The van der Waals surface area contributed by atoms with E-state index in [9.17, 15) is 25.0 Å². The lowest BCUT2D eigenvalue weighted by Crippen LogP contribution is -2.74. The van der Waals surface area contributed by atoms with E-state index in [4.69, 9.17) is 21.1 Å². The summed E-state index contributed by atoms with van der Waals surface area (Å²) in [5.74, 6) is -0.0521. The second kappa shape index (κ2) is 10.1. The van der Waals surface area contributed by atoms with Crippen LogP contribution >= 0.6 is 11.6 Å². The van der Waals surface area contributed by atoms with Crippen LogP contribution in [-0.4, -0.2) is 86.7 Å². The normalized spacial score (nSPS) is 31.6. The third-order valence-electron chi connectivity index (χ3n) is 5.20. The minimum atomic E-state index is -2.43. The maximum Gasteiger partial charge on any atom is 0.345 e. The van der Waals surface area contributed by atoms with Gasteiger partial charge in [-0.15, -0.1) is 16.5 Å². The van der Waals surface area contributed by atoms with Crippen LogP contribution in [0.15, 0.2) is 5.29 Å². The molecule has 0 unspecified atom stereocenters. The molecule has 3 N–H and O–H groups in total. The van der Waals surface area contributed by atoms with Crippen molar-refractivity contribution >= 4 is 17.6 Å². The highest BCUT2D eigenvalue weighted by molar-refractivity contribution is 6.18. The lowest BCUT2D eigenvalue weighted by atomic mass is 9.93. The van der Waals surface area contributed by atoms with Gasteiger partial charge in [-0.25, -0.2) is 4.79 Å². The quantitative estimate of drug-likeness (QED) is 0.242. The summed E-state index contributed by atoms with van der Waals surface area (Å²) in [7, 11) is 0. The highest BCUT2D eigenvalue weighted by atomic mass is 35.5. The molecule has 1 aliphatic heterocycles. The number of ether oxygens (including phenoxy) is 2. The first-order chi connectivity index (χ1) is 13.3. The fourth-order valence-corrected chi connectivity index (χ4v) is 3.93. The maximum absolute atomic E-state index is 12.8. The van der Waals surface area contributed by atoms with Crippen LogP contribution in [0, 0.1) is 4.91 Å². The summed E-state index contributed by atoms with van der Waals surface area (Å²) >= 11 is 5.60. The molecule has 0 aromatic carbocycles. The van der Waals surface area contributed by atoms with Gasteiger partial charge in [0, 0.05) is 11.9 Å². The first kappa shape index (κ1) is 23.2. The summed E-state index contributed by atoms with van der Waals surface area (Å²) in [5.41, 5.74) is -2.43. The number of nitrogens with zero attached hydrogens (tertiary/aromatic N) is 3. The van der Waals surface area contributed by atoms with Gasteiger partial charge in [-0.05, 0) is 26.7 Å². The monoisotopic (exact) mass is 423 g/mol. The van der Waals surface area contributed by atoms with Gasteiger partial charge in [0.25, 0.3) is 0 Å². The number of carbonyl (C=O) groups is 1. The number of alkyl halides is 1. The highest BCUT2D eigenvalue weighted by Crippen LogP contribution is 2.34. The number of aliphatic hydroxyl groups is 3. The van der Waals surface area contributed by atoms with Gasteiger partial charge in [0.2, 0.25) is 5.72 Å². The molecule has 2 amide bonds. The number of nitroso groups, excluding NO2 is 1. The van der Waals surface area contributed by atoms with Crippen LogP contribution in [0.2, 0.25) is 0 Å². The van der Waals surface area contributed by atoms with Crippen molar-refractivity contribution in [3.05, 3.63) is 4.91 Å². The van der Waals surface area contributed by atoms with Crippen molar-refractivity contribution in [2.45, 2.75) is 82.3 Å². The van der Waals surface area contributed by atoms with E-state index in [1.54, 1.807) is 13.8 Å². The summed E-state index contributed by atoms with van der Waals surface area (Å²) in [6.07, 6.45) is -0.0282. The molecule has 2 aliphatic rings. The predicted molar refractivity (Wildman–Crippen MR) is 100 cm³/mol. The van der Waals surface area contributed by atoms with Gasteiger partial charge < -0.3 is 24.8 Å². The van der Waals surface area contributed by atoms with Crippen LogP contribution in [0.3, 0.4) is 0 Å². The zero-order valence-electron chi connectivity index (χ0n) is 16.2. The fourth-order valence-electron chi connectivity index (χ4n) is 3.77. The molecule has 0 aromatic heterocycles. The molecule has 162 valence electrons. The third-order valence-corrected chi connectivity index (χ3v) is 5.37. The minimum Gasteiger partial charge on any atom is -0.386 e. The van der Waals surface area contributed by atoms with E-state index in [0.29, 0.717) is 5.01 Å². The van der Waals surface area contributed by atoms with E-state index in [1.165, 1.54) is 0 Å². The number of halogens is 1. The Hall–Kier alpha value is -1.04. The van der Waals surface area contributed by atoms with Gasteiger partial charge >= 0.3 is 6.03 Å². The summed E-state index contributed by atoms with van der Waals surface area (Å²) < 4.78 is 11.2. The van der Waals surface area contributed by atoms with Crippen LogP contribution < -0.4 is 0 Å². The topological polar surface area (TPSA) is 132 Å². The zero-order chi connectivity index (χ0) is 20.9. The van der Waals surface area contributed by atoms with Gasteiger partial charge in [-0.1, -0.05) is 19.3 Å². The van der Waals surface area contributed by atoms with Crippen molar-refractivity contribution in [2.24, 2.45) is 5.29 Å². The van der Waals surface area contributed by atoms with Crippen LogP contribution in [0.5, 0.6) is 0 Å². The van der Waals surface area contributed by atoms with E-state index < -0.39 is 36.3 Å². The molecule has 28 heavy (non-hydrogen) atoms. The van der Waals surface area contributed by atoms with Gasteiger partial charge in [-0.2, -0.15) is 5.01 Å². The number of hydrogen-bond donors (Lipinski definition) is 3. The fraction of sp³-hybridized carbons (Fsp3) is 0.941. The van der Waals surface area contributed by atoms with Gasteiger partial charge in [0.1, 0.15) is 6.10 Å². The van der Waals surface area contributed by atoms with Crippen molar-refractivity contribution in [3.63, 3.8) is 0 Å². The Morgan fingerprint density at radius 3 is 2.50 bits per heavy atom. The SMILES string of the molecule is CC(C)N(C(=O)N(CCCl)N=O)[C@@]1(O)[C@H](O)CO[C@H](OC2CCCCC2)[C@@H]1O. The molecule has 1 heterocycles. The van der Waals surface area contributed by atoms with Gasteiger partial charge in [-0.3, -0.25) is 4.90 Å². The summed E-state index contributed by atoms with van der Waals surface area (Å²) in [6, 6.07) is -1.67. The molecule has 1 saturated carbocycles. The molecule has 1 saturated heterocycles. The van der Waals surface area contributed by atoms with Crippen molar-refractivity contribution in [1.82, 2.24) is 9.91 Å². The van der Waals surface area contributed by atoms with Crippen molar-refractivity contribution < 1.29 is 29.6 Å². The smallest absolute Gasteiger partial charge is 0.345 e. The third kappa shape index (κ3) is 4.74. The molecule has 0 bridgehead atoms. The molecule has 0 aromatic rings. The largest absolute Gasteiger partial charge is 0.386 e. The van der Waals surface area contributed by atoms with Crippen molar-refractivity contribution in [1.29, 1.82) is 0 Å². The van der Waals surface area contributed by atoms with Crippen LogP contribution in [0.1, 0.15) is 46.0 Å². The van der Waals surface area contributed by atoms with Gasteiger partial charge in [0.05, 0.1) is 24.5 Å². The van der Waals surface area contributed by atoms with Crippen molar-refractivity contribution in [2.75, 3.05) is 19.0 Å². The van der Waals surface area contributed by atoms with E-state index in [1.807, 2.05) is 0 Å². The molecule has 11 heteroatoms. The van der Waals surface area contributed by atoms with E-state index >= 15 is 0 Å². The molecule has 2 fully saturated rings. The summed E-state index contributed by atoms with van der Waals surface area (Å²) in [4.78, 5) is 24.7. The average Bonchev–Trinajstić information content (AvgIpc) is 2.67. The van der Waals surface area contributed by atoms with E-state index in [0.717, 1.165) is 37.0 Å². The number of amides is 2. The average molecular weight is 424 g/mol. The Morgan fingerprint density at radius 2 is 1.96 bits per heavy atom. The number of rotatable bonds is 7. The Labute approximate surface area is 169 Å². The molecular formula is C17H30ClN3O7. The number of aliphatic hydroxyl groups excluding tert-OH is 2. The Kier molecular flexibility index (Phi) is 8.41. The van der Waals surface area contributed by atoms with E-state index in [-0.39, 0.29) is 25.1 Å². The lowest BCUT2D eigenvalue weighted by Gasteiger charge is -2.51. The Bertz CT molecular complexity index is 535. The first-order valence-electron chi connectivity index (χ1n) is 9.63. The molecule has 0 spiro atoms. The predicted octanol–water partition coefficient (Wildman–Crippen LogP) is 1.15. The number of hydrogen-bond acceptors (Lipinski definition) is 8. The molecule has 10 nitrogen and oxygen atoms in total. The van der Waals surface area contributed by atoms with Crippen LogP contribution in [-0.2, 0) is 9.47 Å². The van der Waals surface area contributed by atoms with Crippen LogP contribution in [0.4, 0.5) is 4.79 Å². The molecule has 1 aliphatic carbocycles. The Balaban J connectivity index is 2.27. The zero-order valence-corrected chi connectivity index (χ0v) is 17.0. The second-order valence-electron chi connectivity index (χ2n) is 7.48. The molecule has 4 atom stereocenters. The maximum atomic E-state index is 12.8. The molecule has 0 radical (unpaired) electrons. The highest BCUT2D eigenvalue weighted by Gasteiger charge is 2.58. The molecule has 2 rings (SSSR count). The first-order valence-corrected chi connectivity index (χ1v) is 10.2. The number of carbonyl (C=O) groups excluding carboxylic acids is 1.